The van der Waals surface area contributed by atoms with Crippen LogP contribution in [-0.4, -0.2) is 33.0 Å². The van der Waals surface area contributed by atoms with Gasteiger partial charge in [0.1, 0.15) is 17.2 Å². The number of halogens is 1. The zero-order valence-electron chi connectivity index (χ0n) is 15.2. The molecule has 148 valence electrons. The van der Waals surface area contributed by atoms with Crippen LogP contribution in [0.15, 0.2) is 35.6 Å². The molecule has 0 unspecified atom stereocenters. The summed E-state index contributed by atoms with van der Waals surface area (Å²) in [4.78, 5) is 25.9. The van der Waals surface area contributed by atoms with Crippen molar-refractivity contribution in [1.82, 2.24) is 4.98 Å². The van der Waals surface area contributed by atoms with Gasteiger partial charge in [-0.1, -0.05) is 5.16 Å². The van der Waals surface area contributed by atoms with Gasteiger partial charge in [0.2, 0.25) is 0 Å². The van der Waals surface area contributed by atoms with Gasteiger partial charge in [-0.2, -0.15) is 0 Å². The molecule has 0 fully saturated rings. The molecule has 2 aromatic rings. The molecule has 1 amide bonds. The number of hydrogen-bond donors (Lipinski definition) is 2. The average molecular weight is 392 g/mol. The summed E-state index contributed by atoms with van der Waals surface area (Å²) in [6.07, 6.45) is 1.38. The summed E-state index contributed by atoms with van der Waals surface area (Å²) in [6, 6.07) is 4.18. The summed E-state index contributed by atoms with van der Waals surface area (Å²) >= 11 is 0. The summed E-state index contributed by atoms with van der Waals surface area (Å²) in [5.74, 6) is -1.37. The van der Waals surface area contributed by atoms with Crippen LogP contribution >= 0.6 is 0 Å². The molecule has 2 N–H and O–H groups in total. The number of rotatable bonds is 5. The van der Waals surface area contributed by atoms with E-state index in [0.717, 1.165) is 18.3 Å². The lowest BCUT2D eigenvalue weighted by Crippen LogP contribution is -2.27. The first-order valence-corrected chi connectivity index (χ1v) is 7.89. The summed E-state index contributed by atoms with van der Waals surface area (Å²) in [5.41, 5.74) is -1.18. The number of nitro groups is 1. The fraction of sp³-hybridized carbons (Fsp3) is 0.235. The lowest BCUT2D eigenvalue weighted by Gasteiger charge is -2.20. The third-order valence-electron chi connectivity index (χ3n) is 3.10. The van der Waals surface area contributed by atoms with E-state index >= 15 is 0 Å². The van der Waals surface area contributed by atoms with Crippen LogP contribution in [0.5, 0.6) is 11.5 Å². The highest BCUT2D eigenvalue weighted by atomic mass is 19.1. The molecule has 0 aliphatic rings. The van der Waals surface area contributed by atoms with Gasteiger partial charge in [0.25, 0.3) is 5.69 Å². The van der Waals surface area contributed by atoms with Crippen molar-refractivity contribution in [3.05, 3.63) is 52.0 Å². The Bertz CT molecular complexity index is 926. The molecule has 0 spiro atoms. The Morgan fingerprint density at radius 1 is 1.36 bits per heavy atom. The summed E-state index contributed by atoms with van der Waals surface area (Å²) < 4.78 is 24.6. The molecule has 11 heteroatoms. The number of non-ortho nitro benzene ring substituents is 1. The first kappa shape index (κ1) is 20.6. The Kier molecular flexibility index (Phi) is 6.08. The first-order chi connectivity index (χ1) is 13.1. The van der Waals surface area contributed by atoms with Gasteiger partial charge in [0, 0.05) is 12.3 Å². The molecule has 0 bridgehead atoms. The van der Waals surface area contributed by atoms with Crippen molar-refractivity contribution >= 4 is 23.8 Å². The maximum absolute atomic E-state index is 14.1. The van der Waals surface area contributed by atoms with Crippen molar-refractivity contribution in [1.29, 1.82) is 0 Å². The van der Waals surface area contributed by atoms with Crippen LogP contribution in [0.1, 0.15) is 26.3 Å². The Balaban J connectivity index is 2.35. The minimum atomic E-state index is -0.973. The molecule has 10 nitrogen and oxygen atoms in total. The number of pyridine rings is 1. The average Bonchev–Trinajstić information content (AvgIpc) is 2.57. The van der Waals surface area contributed by atoms with Crippen LogP contribution in [0, 0.1) is 15.9 Å². The fourth-order valence-electron chi connectivity index (χ4n) is 2.03. The molecule has 28 heavy (non-hydrogen) atoms. The molecular formula is C17H17FN4O6. The summed E-state index contributed by atoms with van der Waals surface area (Å²) in [5, 5.41) is 24.9. The van der Waals surface area contributed by atoms with Gasteiger partial charge >= 0.3 is 6.09 Å². The minimum absolute atomic E-state index is 0.0217. The van der Waals surface area contributed by atoms with E-state index in [1.807, 2.05) is 0 Å². The van der Waals surface area contributed by atoms with Gasteiger partial charge in [-0.25, -0.2) is 14.2 Å². The second kappa shape index (κ2) is 8.29. The molecule has 1 aromatic carbocycles. The second-order valence-electron chi connectivity index (χ2n) is 6.42. The maximum atomic E-state index is 14.1. The van der Waals surface area contributed by atoms with Gasteiger partial charge in [0.15, 0.2) is 11.6 Å². The topological polar surface area (TPSA) is 136 Å². The van der Waals surface area contributed by atoms with Crippen LogP contribution in [0.2, 0.25) is 0 Å². The molecule has 0 radical (unpaired) electrons. The molecule has 1 heterocycles. The predicted molar refractivity (Wildman–Crippen MR) is 96.6 cm³/mol. The molecule has 0 atom stereocenters. The number of nitrogens with zero attached hydrogens (tertiary/aromatic N) is 3. The molecule has 0 saturated carbocycles. The van der Waals surface area contributed by atoms with Gasteiger partial charge in [-0.15, -0.1) is 0 Å². The van der Waals surface area contributed by atoms with Crippen molar-refractivity contribution in [2.24, 2.45) is 5.16 Å². The van der Waals surface area contributed by atoms with Crippen molar-refractivity contribution in [3.8, 4) is 11.5 Å². The molecular weight excluding hydrogens is 375 g/mol. The number of carbonyl (C=O) groups excluding carboxylic acids is 1. The van der Waals surface area contributed by atoms with E-state index in [1.54, 1.807) is 20.8 Å². The maximum Gasteiger partial charge on any atom is 0.413 e. The lowest BCUT2D eigenvalue weighted by molar-refractivity contribution is -0.385. The van der Waals surface area contributed by atoms with Crippen LogP contribution in [0.4, 0.5) is 20.7 Å². The molecule has 1 aromatic heterocycles. The third-order valence-corrected chi connectivity index (χ3v) is 3.10. The quantitative estimate of drug-likeness (QED) is 0.339. The molecule has 2 rings (SSSR count). The summed E-state index contributed by atoms with van der Waals surface area (Å²) in [7, 11) is 0. The van der Waals surface area contributed by atoms with E-state index in [4.69, 9.17) is 14.7 Å². The molecule has 0 saturated heterocycles. The van der Waals surface area contributed by atoms with Crippen molar-refractivity contribution < 1.29 is 28.8 Å². The van der Waals surface area contributed by atoms with E-state index in [9.17, 15) is 19.3 Å². The van der Waals surface area contributed by atoms with Crippen molar-refractivity contribution in [2.75, 3.05) is 5.32 Å². The highest BCUT2D eigenvalue weighted by molar-refractivity contribution is 5.95. The Morgan fingerprint density at radius 2 is 2.07 bits per heavy atom. The predicted octanol–water partition coefficient (Wildman–Crippen LogP) is 4.08. The zero-order valence-corrected chi connectivity index (χ0v) is 15.2. The van der Waals surface area contributed by atoms with E-state index in [2.05, 4.69) is 15.5 Å². The van der Waals surface area contributed by atoms with E-state index in [-0.39, 0.29) is 22.9 Å². The van der Waals surface area contributed by atoms with E-state index in [1.165, 1.54) is 12.3 Å². The van der Waals surface area contributed by atoms with Crippen LogP contribution < -0.4 is 10.1 Å². The van der Waals surface area contributed by atoms with Crippen molar-refractivity contribution in [3.63, 3.8) is 0 Å². The number of hydrogen-bond acceptors (Lipinski definition) is 8. The van der Waals surface area contributed by atoms with Crippen LogP contribution in [0.25, 0.3) is 0 Å². The Labute approximate surface area is 158 Å². The summed E-state index contributed by atoms with van der Waals surface area (Å²) in [6.45, 7) is 5.02. The second-order valence-corrected chi connectivity index (χ2v) is 6.42. The number of oxime groups is 1. The van der Waals surface area contributed by atoms with Gasteiger partial charge in [-0.05, 0) is 32.9 Å². The van der Waals surface area contributed by atoms with Gasteiger partial charge in [-0.3, -0.25) is 15.4 Å². The number of nitrogens with one attached hydrogen (secondary N) is 1. The first-order valence-electron chi connectivity index (χ1n) is 7.89. The number of nitro benzene ring substituents is 1. The SMILES string of the molecule is CC(C)(C)OC(=O)Nc1nccc(Oc2ccc([N+](=O)[O-])cc2F)c1/C=N/O. The monoisotopic (exact) mass is 392 g/mol. The smallest absolute Gasteiger partial charge is 0.413 e. The van der Waals surface area contributed by atoms with Crippen LogP contribution in [-0.2, 0) is 4.74 Å². The number of anilines is 1. The van der Waals surface area contributed by atoms with E-state index in [0.29, 0.717) is 6.07 Å². The minimum Gasteiger partial charge on any atom is -0.453 e. The molecule has 0 aliphatic carbocycles. The molecule has 0 aliphatic heterocycles. The Morgan fingerprint density at radius 3 is 2.64 bits per heavy atom. The number of amides is 1. The van der Waals surface area contributed by atoms with Crippen molar-refractivity contribution in [2.45, 2.75) is 26.4 Å². The Hall–Kier alpha value is -3.76. The number of aromatic nitrogens is 1. The number of benzene rings is 1. The zero-order chi connectivity index (χ0) is 20.9. The largest absolute Gasteiger partial charge is 0.453 e. The fourth-order valence-corrected chi connectivity index (χ4v) is 2.03. The van der Waals surface area contributed by atoms with E-state index < -0.39 is 28.1 Å². The highest BCUT2D eigenvalue weighted by Crippen LogP contribution is 2.31. The number of ether oxygens (including phenoxy) is 2. The standard InChI is InChI=1S/C17H17FN4O6/c1-17(2,3)28-16(23)21-15-11(9-20-24)13(6-7-19-15)27-14-5-4-10(22(25)26)8-12(14)18/h4-9,24H,1-3H3,(H,19,21,23)/b20-9+. The highest BCUT2D eigenvalue weighted by Gasteiger charge is 2.20. The third kappa shape index (κ3) is 5.37. The van der Waals surface area contributed by atoms with Gasteiger partial charge in [0.05, 0.1) is 22.8 Å². The normalized spacial score (nSPS) is 11.3. The van der Waals surface area contributed by atoms with Gasteiger partial charge < -0.3 is 14.7 Å². The lowest BCUT2D eigenvalue weighted by atomic mass is 10.2. The number of carbonyl (C=O) groups is 1. The van der Waals surface area contributed by atoms with Crippen LogP contribution in [0.3, 0.4) is 0 Å².